The Hall–Kier alpha value is -4.27. The second kappa shape index (κ2) is 9.70. The fourth-order valence-electron chi connectivity index (χ4n) is 3.71. The van der Waals surface area contributed by atoms with Gasteiger partial charge in [-0.15, -0.1) is 0 Å². The van der Waals surface area contributed by atoms with Crippen LogP contribution in [0.3, 0.4) is 0 Å². The van der Waals surface area contributed by atoms with E-state index in [0.29, 0.717) is 17.3 Å². The lowest BCUT2D eigenvalue weighted by Crippen LogP contribution is -2.14. The highest BCUT2D eigenvalue weighted by molar-refractivity contribution is 5.93. The van der Waals surface area contributed by atoms with Gasteiger partial charge in [-0.1, -0.05) is 13.0 Å². The third kappa shape index (κ3) is 5.20. The quantitative estimate of drug-likeness (QED) is 0.362. The van der Waals surface area contributed by atoms with E-state index in [9.17, 15) is 9.59 Å². The van der Waals surface area contributed by atoms with E-state index in [1.807, 2.05) is 42.8 Å². The van der Waals surface area contributed by atoms with Gasteiger partial charge in [-0.25, -0.2) is 4.98 Å². The third-order valence-electron chi connectivity index (χ3n) is 5.65. The molecule has 0 saturated carbocycles. The maximum atomic E-state index is 12.6. The number of benzene rings is 1. The first-order valence-electron chi connectivity index (χ1n) is 10.9. The Labute approximate surface area is 196 Å². The molecule has 1 atom stereocenters. The fourth-order valence-corrected chi connectivity index (χ4v) is 3.71. The number of hydrogen-bond donors (Lipinski definition) is 3. The summed E-state index contributed by atoms with van der Waals surface area (Å²) in [6, 6.07) is 11.2. The van der Waals surface area contributed by atoms with Crippen molar-refractivity contribution in [2.24, 2.45) is 7.05 Å². The van der Waals surface area contributed by atoms with E-state index in [2.05, 4.69) is 25.6 Å². The molecule has 3 heterocycles. The molecule has 9 heteroatoms. The number of fused-ring (bicyclic) bond motifs is 1. The van der Waals surface area contributed by atoms with Crippen LogP contribution in [0.5, 0.6) is 0 Å². The van der Waals surface area contributed by atoms with E-state index in [1.54, 1.807) is 37.6 Å². The average molecular weight is 459 g/mol. The van der Waals surface area contributed by atoms with Crippen molar-refractivity contribution in [3.8, 4) is 0 Å². The summed E-state index contributed by atoms with van der Waals surface area (Å²) >= 11 is 0. The molecule has 1 aromatic carbocycles. The van der Waals surface area contributed by atoms with Gasteiger partial charge in [0.15, 0.2) is 0 Å². The Bertz CT molecular complexity index is 1350. The predicted octanol–water partition coefficient (Wildman–Crippen LogP) is 4.17. The van der Waals surface area contributed by atoms with E-state index in [1.165, 1.54) is 0 Å². The van der Waals surface area contributed by atoms with Gasteiger partial charge in [0.2, 0.25) is 11.9 Å². The van der Waals surface area contributed by atoms with Crippen molar-refractivity contribution in [2.45, 2.75) is 32.6 Å². The van der Waals surface area contributed by atoms with Crippen LogP contribution in [0, 0.1) is 6.92 Å². The molecule has 0 bridgehead atoms. The zero-order chi connectivity index (χ0) is 24.2. The molecule has 0 aliphatic rings. The van der Waals surface area contributed by atoms with Gasteiger partial charge in [-0.2, -0.15) is 0 Å². The first-order chi connectivity index (χ1) is 16.3. The predicted molar refractivity (Wildman–Crippen MR) is 130 cm³/mol. The Kier molecular flexibility index (Phi) is 6.53. The number of anilines is 3. The Morgan fingerprint density at radius 3 is 2.68 bits per heavy atom. The molecule has 0 aliphatic heterocycles. The van der Waals surface area contributed by atoms with Gasteiger partial charge >= 0.3 is 5.97 Å². The molecule has 174 valence electrons. The number of aryl methyl sites for hydroxylation is 2. The molecule has 3 N–H and O–H groups in total. The second-order valence-electron chi connectivity index (χ2n) is 8.33. The van der Waals surface area contributed by atoms with Crippen LogP contribution in [0.4, 0.5) is 17.3 Å². The highest BCUT2D eigenvalue weighted by Crippen LogP contribution is 2.24. The molecule has 3 aromatic heterocycles. The van der Waals surface area contributed by atoms with Gasteiger partial charge in [0.25, 0.3) is 0 Å². The lowest BCUT2D eigenvalue weighted by Gasteiger charge is -2.10. The number of amides is 1. The van der Waals surface area contributed by atoms with Crippen LogP contribution in [0.25, 0.3) is 11.0 Å². The molecule has 4 aromatic rings. The van der Waals surface area contributed by atoms with Gasteiger partial charge < -0.3 is 20.3 Å². The first kappa shape index (κ1) is 22.9. The van der Waals surface area contributed by atoms with E-state index in [4.69, 9.17) is 5.11 Å². The third-order valence-corrected chi connectivity index (χ3v) is 5.65. The minimum atomic E-state index is -0.869. The molecular formula is C25H26N6O3. The van der Waals surface area contributed by atoms with Crippen molar-refractivity contribution in [1.29, 1.82) is 0 Å². The highest BCUT2D eigenvalue weighted by Gasteiger charge is 2.13. The standard InChI is InChI=1S/C25H26N6O3/c1-15-8-9-26-14-21(15)30-25-29-20-11-17(4-7-22(20)31(25)3)12-23(32)28-18-5-6-19(27-13-18)16(2)10-24(33)34/h4-9,11,13-14,16H,10,12H2,1-3H3,(H,28,32)(H,29,30)(H,33,34). The van der Waals surface area contributed by atoms with Crippen molar-refractivity contribution in [3.05, 3.63) is 71.8 Å². The number of carbonyl (C=O) groups excluding carboxylic acids is 1. The number of carboxylic acids is 1. The molecular weight excluding hydrogens is 432 g/mol. The summed E-state index contributed by atoms with van der Waals surface area (Å²) in [5.74, 6) is -0.552. The Morgan fingerprint density at radius 2 is 1.97 bits per heavy atom. The number of aromatic nitrogens is 4. The van der Waals surface area contributed by atoms with Gasteiger partial charge in [-0.3, -0.25) is 19.6 Å². The van der Waals surface area contributed by atoms with E-state index in [-0.39, 0.29) is 24.7 Å². The lowest BCUT2D eigenvalue weighted by atomic mass is 10.0. The van der Waals surface area contributed by atoms with Gasteiger partial charge in [0.05, 0.1) is 47.6 Å². The van der Waals surface area contributed by atoms with E-state index >= 15 is 0 Å². The lowest BCUT2D eigenvalue weighted by molar-refractivity contribution is -0.137. The number of nitrogens with one attached hydrogen (secondary N) is 2. The molecule has 0 radical (unpaired) electrons. The summed E-state index contributed by atoms with van der Waals surface area (Å²) in [6.07, 6.45) is 5.25. The normalized spacial score (nSPS) is 11.9. The molecule has 0 aliphatic carbocycles. The van der Waals surface area contributed by atoms with Crippen LogP contribution in [-0.4, -0.2) is 36.5 Å². The van der Waals surface area contributed by atoms with Crippen LogP contribution < -0.4 is 10.6 Å². The number of carboxylic acid groups (broad SMARTS) is 1. The topological polar surface area (TPSA) is 122 Å². The monoisotopic (exact) mass is 458 g/mol. The highest BCUT2D eigenvalue weighted by atomic mass is 16.4. The second-order valence-corrected chi connectivity index (χ2v) is 8.33. The molecule has 0 spiro atoms. The van der Waals surface area contributed by atoms with Crippen molar-refractivity contribution in [1.82, 2.24) is 19.5 Å². The number of carbonyl (C=O) groups is 2. The van der Waals surface area contributed by atoms with Crippen molar-refractivity contribution < 1.29 is 14.7 Å². The van der Waals surface area contributed by atoms with Crippen LogP contribution >= 0.6 is 0 Å². The molecule has 0 saturated heterocycles. The van der Waals surface area contributed by atoms with Crippen LogP contribution in [-0.2, 0) is 23.1 Å². The summed E-state index contributed by atoms with van der Waals surface area (Å²) in [5.41, 5.74) is 5.77. The number of rotatable bonds is 8. The Morgan fingerprint density at radius 1 is 1.15 bits per heavy atom. The molecule has 1 amide bonds. The van der Waals surface area contributed by atoms with Gasteiger partial charge in [0, 0.05) is 24.9 Å². The summed E-state index contributed by atoms with van der Waals surface area (Å²) in [6.45, 7) is 3.81. The van der Waals surface area contributed by atoms with Crippen LogP contribution in [0.15, 0.2) is 55.0 Å². The molecule has 34 heavy (non-hydrogen) atoms. The fraction of sp³-hybridized carbons (Fsp3) is 0.240. The number of hydrogen-bond acceptors (Lipinski definition) is 6. The van der Waals surface area contributed by atoms with Crippen LogP contribution in [0.2, 0.25) is 0 Å². The maximum absolute atomic E-state index is 12.6. The number of pyridine rings is 2. The van der Waals surface area contributed by atoms with Crippen molar-refractivity contribution in [3.63, 3.8) is 0 Å². The number of nitrogens with zero attached hydrogens (tertiary/aromatic N) is 4. The summed E-state index contributed by atoms with van der Waals surface area (Å²) in [7, 11) is 1.93. The van der Waals surface area contributed by atoms with Gasteiger partial charge in [0.1, 0.15) is 0 Å². The first-order valence-corrected chi connectivity index (χ1v) is 10.9. The van der Waals surface area contributed by atoms with Crippen LogP contribution in [0.1, 0.15) is 36.1 Å². The molecule has 4 rings (SSSR count). The number of aliphatic carboxylic acids is 1. The van der Waals surface area contributed by atoms with E-state index < -0.39 is 5.97 Å². The molecule has 1 unspecified atom stereocenters. The SMILES string of the molecule is Cc1ccncc1Nc1nc2cc(CC(=O)Nc3ccc(C(C)CC(=O)O)nc3)ccc2n1C. The molecule has 0 fully saturated rings. The Balaban J connectivity index is 1.43. The minimum absolute atomic E-state index is 0.00772. The van der Waals surface area contributed by atoms with Gasteiger partial charge in [-0.05, 0) is 48.4 Å². The summed E-state index contributed by atoms with van der Waals surface area (Å²) < 4.78 is 1.96. The minimum Gasteiger partial charge on any atom is -0.481 e. The van der Waals surface area contributed by atoms with E-state index in [0.717, 1.165) is 27.8 Å². The zero-order valence-corrected chi connectivity index (χ0v) is 19.2. The largest absolute Gasteiger partial charge is 0.481 e. The molecule has 9 nitrogen and oxygen atoms in total. The van der Waals surface area contributed by atoms with Crippen molar-refractivity contribution in [2.75, 3.05) is 10.6 Å². The average Bonchev–Trinajstić information content (AvgIpc) is 3.10. The maximum Gasteiger partial charge on any atom is 0.304 e. The summed E-state index contributed by atoms with van der Waals surface area (Å²) in [4.78, 5) is 36.6. The smallest absolute Gasteiger partial charge is 0.304 e. The summed E-state index contributed by atoms with van der Waals surface area (Å²) in [5, 5.41) is 15.1. The zero-order valence-electron chi connectivity index (χ0n) is 19.2. The van der Waals surface area contributed by atoms with Crippen molar-refractivity contribution >= 4 is 40.2 Å². The number of imidazole rings is 1.